The monoisotopic (exact) mass is 382 g/mol. The van der Waals surface area contributed by atoms with E-state index < -0.39 is 0 Å². The van der Waals surface area contributed by atoms with Crippen LogP contribution >= 0.6 is 27.5 Å². The number of carbonyl (C=O) groups excluding carboxylic acids is 1. The van der Waals surface area contributed by atoms with Gasteiger partial charge in [0.1, 0.15) is 0 Å². The van der Waals surface area contributed by atoms with Gasteiger partial charge in [0.05, 0.1) is 12.6 Å². The van der Waals surface area contributed by atoms with Crippen LogP contribution in [0, 0.1) is 0 Å². The van der Waals surface area contributed by atoms with Gasteiger partial charge in [0.2, 0.25) is 5.91 Å². The van der Waals surface area contributed by atoms with E-state index in [1.54, 1.807) is 12.1 Å². The number of hydrogen-bond acceptors (Lipinski definition) is 4. The Labute approximate surface area is 142 Å². The Morgan fingerprint density at radius 1 is 1.23 bits per heavy atom. The number of amides is 1. The summed E-state index contributed by atoms with van der Waals surface area (Å²) in [5.41, 5.74) is 10.4. The number of benzene rings is 2. The third-order valence-electron chi connectivity index (χ3n) is 3.20. The average Bonchev–Trinajstić information content (AvgIpc) is 2.52. The lowest BCUT2D eigenvalue weighted by Gasteiger charge is -2.22. The number of hydrazine groups is 1. The summed E-state index contributed by atoms with van der Waals surface area (Å²) in [5.74, 6) is 4.79. The Morgan fingerprint density at radius 2 is 1.95 bits per heavy atom. The van der Waals surface area contributed by atoms with E-state index in [0.717, 1.165) is 15.6 Å². The molecule has 0 saturated heterocycles. The number of anilines is 1. The molecule has 2 aromatic rings. The van der Waals surface area contributed by atoms with Crippen molar-refractivity contribution in [2.75, 3.05) is 12.3 Å². The van der Waals surface area contributed by atoms with Crippen molar-refractivity contribution < 1.29 is 4.79 Å². The molecule has 0 aliphatic heterocycles. The van der Waals surface area contributed by atoms with Crippen LogP contribution < -0.4 is 22.3 Å². The van der Waals surface area contributed by atoms with Gasteiger partial charge in [0.15, 0.2) is 0 Å². The summed E-state index contributed by atoms with van der Waals surface area (Å²) in [6, 6.07) is 12.6. The molecule has 1 unspecified atom stereocenters. The van der Waals surface area contributed by atoms with Crippen molar-refractivity contribution in [1.82, 2.24) is 10.7 Å². The molecular weight excluding hydrogens is 368 g/mol. The molecule has 0 bridgehead atoms. The first-order chi connectivity index (χ1) is 10.5. The van der Waals surface area contributed by atoms with Crippen LogP contribution in [0.15, 0.2) is 46.9 Å². The van der Waals surface area contributed by atoms with E-state index in [0.29, 0.717) is 10.7 Å². The number of rotatable bonds is 5. The number of nitrogens with two attached hydrogens (primary N) is 2. The van der Waals surface area contributed by atoms with Crippen molar-refractivity contribution >= 4 is 39.1 Å². The summed E-state index contributed by atoms with van der Waals surface area (Å²) in [4.78, 5) is 11.4. The minimum absolute atomic E-state index is 0.0400. The number of carbonyl (C=O) groups is 1. The van der Waals surface area contributed by atoms with Crippen molar-refractivity contribution in [3.05, 3.63) is 63.1 Å². The maximum absolute atomic E-state index is 11.4. The molecule has 0 fully saturated rings. The summed E-state index contributed by atoms with van der Waals surface area (Å²) in [6.45, 7) is 0.0400. The van der Waals surface area contributed by atoms with Crippen LogP contribution in [0.4, 0.5) is 5.69 Å². The average molecular weight is 384 g/mol. The number of hydrogen-bond donors (Lipinski definition) is 4. The molecule has 0 aliphatic carbocycles. The first-order valence-electron chi connectivity index (χ1n) is 6.55. The smallest absolute Gasteiger partial charge is 0.247 e. The Balaban J connectivity index is 2.43. The number of halogens is 2. The highest BCUT2D eigenvalue weighted by Crippen LogP contribution is 2.32. The molecular formula is C15H16BrClN4O. The zero-order chi connectivity index (χ0) is 16.1. The van der Waals surface area contributed by atoms with Gasteiger partial charge in [-0.2, -0.15) is 0 Å². The molecule has 0 aromatic heterocycles. The highest BCUT2D eigenvalue weighted by molar-refractivity contribution is 9.10. The number of nitrogens with one attached hydrogen (secondary N) is 2. The zero-order valence-electron chi connectivity index (χ0n) is 11.6. The zero-order valence-corrected chi connectivity index (χ0v) is 14.0. The Morgan fingerprint density at radius 3 is 2.64 bits per heavy atom. The lowest BCUT2D eigenvalue weighted by molar-refractivity contribution is -0.120. The lowest BCUT2D eigenvalue weighted by atomic mass is 9.97. The van der Waals surface area contributed by atoms with Gasteiger partial charge in [-0.1, -0.05) is 45.7 Å². The van der Waals surface area contributed by atoms with E-state index in [1.807, 2.05) is 30.3 Å². The largest absolute Gasteiger partial charge is 0.398 e. The standard InChI is InChI=1S/C15H16BrClN4O/c16-9-5-6-13(18)11(7-9)15(20-8-14(22)21-19)10-3-1-2-4-12(10)17/h1-7,15,20H,8,18-19H2,(H,21,22). The molecule has 0 saturated carbocycles. The molecule has 0 heterocycles. The fourth-order valence-corrected chi connectivity index (χ4v) is 2.76. The molecule has 0 radical (unpaired) electrons. The van der Waals surface area contributed by atoms with Crippen LogP contribution in [-0.2, 0) is 4.79 Å². The summed E-state index contributed by atoms with van der Waals surface area (Å²) < 4.78 is 0.888. The second kappa shape index (κ2) is 7.60. The predicted molar refractivity (Wildman–Crippen MR) is 92.2 cm³/mol. The van der Waals surface area contributed by atoms with Gasteiger partial charge in [-0.3, -0.25) is 15.5 Å². The molecule has 1 atom stereocenters. The maximum Gasteiger partial charge on any atom is 0.247 e. The molecule has 2 rings (SSSR count). The fourth-order valence-electron chi connectivity index (χ4n) is 2.14. The lowest BCUT2D eigenvalue weighted by Crippen LogP contribution is -2.39. The van der Waals surface area contributed by atoms with Crippen molar-refractivity contribution in [2.24, 2.45) is 5.84 Å². The van der Waals surface area contributed by atoms with Crippen molar-refractivity contribution in [3.8, 4) is 0 Å². The molecule has 116 valence electrons. The van der Waals surface area contributed by atoms with Gasteiger partial charge in [0, 0.05) is 15.2 Å². The minimum atomic E-state index is -0.330. The van der Waals surface area contributed by atoms with Crippen LogP contribution in [0.5, 0.6) is 0 Å². The van der Waals surface area contributed by atoms with Crippen LogP contribution in [0.3, 0.4) is 0 Å². The van der Waals surface area contributed by atoms with Gasteiger partial charge >= 0.3 is 0 Å². The van der Waals surface area contributed by atoms with Crippen LogP contribution in [-0.4, -0.2) is 12.5 Å². The second-order valence-corrected chi connectivity index (χ2v) is 6.00. The van der Waals surface area contributed by atoms with E-state index in [2.05, 4.69) is 26.7 Å². The SMILES string of the molecule is NNC(=O)CNC(c1cc(Br)ccc1N)c1ccccc1Cl. The van der Waals surface area contributed by atoms with Gasteiger partial charge in [-0.15, -0.1) is 0 Å². The van der Waals surface area contributed by atoms with Crippen molar-refractivity contribution in [2.45, 2.75) is 6.04 Å². The highest BCUT2D eigenvalue weighted by Gasteiger charge is 2.20. The minimum Gasteiger partial charge on any atom is -0.398 e. The third kappa shape index (κ3) is 3.98. The topological polar surface area (TPSA) is 93.2 Å². The molecule has 5 nitrogen and oxygen atoms in total. The van der Waals surface area contributed by atoms with E-state index in [4.69, 9.17) is 23.2 Å². The Bertz CT molecular complexity index is 680. The van der Waals surface area contributed by atoms with Gasteiger partial charge < -0.3 is 5.73 Å². The van der Waals surface area contributed by atoms with Gasteiger partial charge in [-0.25, -0.2) is 5.84 Å². The predicted octanol–water partition coefficient (Wildman–Crippen LogP) is 2.35. The Hall–Kier alpha value is -1.60. The fraction of sp³-hybridized carbons (Fsp3) is 0.133. The quantitative estimate of drug-likeness (QED) is 0.276. The van der Waals surface area contributed by atoms with Crippen molar-refractivity contribution in [1.29, 1.82) is 0 Å². The van der Waals surface area contributed by atoms with Crippen LogP contribution in [0.25, 0.3) is 0 Å². The number of nitrogen functional groups attached to an aromatic ring is 1. The molecule has 22 heavy (non-hydrogen) atoms. The van der Waals surface area contributed by atoms with E-state index in [9.17, 15) is 4.79 Å². The molecule has 6 N–H and O–H groups in total. The first-order valence-corrected chi connectivity index (χ1v) is 7.72. The maximum atomic E-state index is 11.4. The van der Waals surface area contributed by atoms with Crippen LogP contribution in [0.2, 0.25) is 5.02 Å². The first kappa shape index (κ1) is 16.8. The molecule has 2 aromatic carbocycles. The summed E-state index contributed by atoms with van der Waals surface area (Å²) in [7, 11) is 0. The van der Waals surface area contributed by atoms with Gasteiger partial charge in [0.25, 0.3) is 0 Å². The van der Waals surface area contributed by atoms with E-state index in [-0.39, 0.29) is 18.5 Å². The molecule has 7 heteroatoms. The normalized spacial score (nSPS) is 12.0. The van der Waals surface area contributed by atoms with E-state index >= 15 is 0 Å². The molecule has 1 amide bonds. The van der Waals surface area contributed by atoms with Gasteiger partial charge in [-0.05, 0) is 35.4 Å². The summed E-state index contributed by atoms with van der Waals surface area (Å²) >= 11 is 9.73. The molecule has 0 spiro atoms. The summed E-state index contributed by atoms with van der Waals surface area (Å²) in [6.07, 6.45) is 0. The van der Waals surface area contributed by atoms with Crippen molar-refractivity contribution in [3.63, 3.8) is 0 Å². The van der Waals surface area contributed by atoms with Crippen LogP contribution in [0.1, 0.15) is 17.2 Å². The second-order valence-electron chi connectivity index (χ2n) is 4.68. The highest BCUT2D eigenvalue weighted by atomic mass is 79.9. The Kier molecular flexibility index (Phi) is 5.79. The summed E-state index contributed by atoms with van der Waals surface area (Å²) in [5, 5.41) is 3.72. The molecule has 0 aliphatic rings. The van der Waals surface area contributed by atoms with E-state index in [1.165, 1.54) is 0 Å². The third-order valence-corrected chi connectivity index (χ3v) is 4.04.